The minimum absolute atomic E-state index is 0.218. The Hall–Kier alpha value is -2.68. The van der Waals surface area contributed by atoms with E-state index in [2.05, 4.69) is 0 Å². The Morgan fingerprint density at radius 3 is 2.52 bits per heavy atom. The van der Waals surface area contributed by atoms with Gasteiger partial charge in [-0.1, -0.05) is 17.7 Å². The molecule has 0 heterocycles. The Morgan fingerprint density at radius 1 is 1.43 bits per heavy atom. The van der Waals surface area contributed by atoms with Crippen molar-refractivity contribution in [2.75, 3.05) is 0 Å². The molecule has 0 saturated carbocycles. The van der Waals surface area contributed by atoms with E-state index in [1.165, 1.54) is 12.1 Å². The van der Waals surface area contributed by atoms with Crippen LogP contribution >= 0.6 is 11.6 Å². The summed E-state index contributed by atoms with van der Waals surface area (Å²) in [6, 6.07) is 1.96. The van der Waals surface area contributed by atoms with Gasteiger partial charge in [0.05, 0.1) is 16.4 Å². The number of nitro benzene ring substituents is 1. The van der Waals surface area contributed by atoms with E-state index in [0.29, 0.717) is 0 Å². The Balaban J connectivity index is 3.11. The van der Waals surface area contributed by atoms with Crippen molar-refractivity contribution in [2.24, 2.45) is 5.73 Å². The Labute approximate surface area is 122 Å². The second-order valence-electron chi connectivity index (χ2n) is 3.93. The number of nitrogens with two attached hydrogens (primary N) is 1. The summed E-state index contributed by atoms with van der Waals surface area (Å²) < 4.78 is 0. The third-order valence-electron chi connectivity index (χ3n) is 2.42. The number of aliphatic carboxylic acids is 1. The van der Waals surface area contributed by atoms with E-state index in [9.17, 15) is 24.5 Å². The van der Waals surface area contributed by atoms with Gasteiger partial charge in [-0.05, 0) is 6.07 Å². The predicted octanol–water partition coefficient (Wildman–Crippen LogP) is 0.307. The summed E-state index contributed by atoms with van der Waals surface area (Å²) in [7, 11) is 0. The topological polar surface area (TPSA) is 153 Å². The number of carbonyl (C=O) groups is 3. The maximum Gasteiger partial charge on any atom is 0.326 e. The van der Waals surface area contributed by atoms with Crippen molar-refractivity contribution in [3.8, 4) is 0 Å². The molecule has 0 radical (unpaired) electrons. The maximum atomic E-state index is 12.0. The van der Waals surface area contributed by atoms with Crippen LogP contribution < -0.4 is 11.1 Å². The van der Waals surface area contributed by atoms with E-state index in [1.54, 1.807) is 0 Å². The summed E-state index contributed by atoms with van der Waals surface area (Å²) in [5, 5.41) is 21.5. The van der Waals surface area contributed by atoms with E-state index >= 15 is 0 Å². The number of amides is 2. The molecule has 0 aliphatic heterocycles. The fourth-order valence-corrected chi connectivity index (χ4v) is 1.78. The third-order valence-corrected chi connectivity index (χ3v) is 2.74. The van der Waals surface area contributed by atoms with Crippen LogP contribution in [0.25, 0.3) is 0 Å². The van der Waals surface area contributed by atoms with E-state index in [4.69, 9.17) is 22.4 Å². The molecule has 0 bridgehead atoms. The van der Waals surface area contributed by atoms with Crippen molar-refractivity contribution in [3.05, 3.63) is 38.9 Å². The van der Waals surface area contributed by atoms with Crippen LogP contribution in [0.1, 0.15) is 16.8 Å². The van der Waals surface area contributed by atoms with Gasteiger partial charge >= 0.3 is 5.97 Å². The quantitative estimate of drug-likeness (QED) is 0.507. The predicted molar refractivity (Wildman–Crippen MR) is 70.8 cm³/mol. The lowest BCUT2D eigenvalue weighted by Gasteiger charge is -2.13. The van der Waals surface area contributed by atoms with Crippen molar-refractivity contribution in [1.29, 1.82) is 0 Å². The van der Waals surface area contributed by atoms with E-state index in [-0.39, 0.29) is 5.02 Å². The highest BCUT2D eigenvalue weighted by atomic mass is 35.5. The van der Waals surface area contributed by atoms with Gasteiger partial charge in [0.1, 0.15) is 11.6 Å². The first-order chi connectivity index (χ1) is 9.73. The molecule has 10 heteroatoms. The zero-order chi connectivity index (χ0) is 16.2. The summed E-state index contributed by atoms with van der Waals surface area (Å²) in [5.41, 5.74) is 3.80. The second-order valence-corrected chi connectivity index (χ2v) is 4.33. The zero-order valence-corrected chi connectivity index (χ0v) is 11.2. The number of rotatable bonds is 6. The lowest BCUT2D eigenvalue weighted by molar-refractivity contribution is -0.385. The van der Waals surface area contributed by atoms with Crippen LogP contribution in [0.4, 0.5) is 5.69 Å². The normalized spacial score (nSPS) is 11.5. The first-order valence-corrected chi connectivity index (χ1v) is 5.86. The largest absolute Gasteiger partial charge is 0.480 e. The first kappa shape index (κ1) is 16.4. The molecule has 0 aliphatic rings. The molecule has 9 nitrogen and oxygen atoms in total. The lowest BCUT2D eigenvalue weighted by atomic mass is 10.1. The number of hydrogen-bond donors (Lipinski definition) is 3. The monoisotopic (exact) mass is 315 g/mol. The Kier molecular flexibility index (Phi) is 5.19. The van der Waals surface area contributed by atoms with Gasteiger partial charge in [-0.25, -0.2) is 4.79 Å². The average molecular weight is 316 g/mol. The van der Waals surface area contributed by atoms with Gasteiger partial charge in [0.25, 0.3) is 11.6 Å². The highest BCUT2D eigenvalue weighted by molar-refractivity contribution is 6.34. The molecule has 1 atom stereocenters. The zero-order valence-electron chi connectivity index (χ0n) is 10.4. The number of carboxylic acid groups (broad SMARTS) is 1. The molecule has 21 heavy (non-hydrogen) atoms. The molecule has 0 spiro atoms. The molecule has 1 aromatic rings. The minimum Gasteiger partial charge on any atom is -0.480 e. The van der Waals surface area contributed by atoms with Gasteiger partial charge in [-0.3, -0.25) is 19.7 Å². The molecular weight excluding hydrogens is 306 g/mol. The summed E-state index contributed by atoms with van der Waals surface area (Å²) in [4.78, 5) is 43.7. The van der Waals surface area contributed by atoms with Crippen molar-refractivity contribution < 1.29 is 24.4 Å². The lowest BCUT2D eigenvalue weighted by Crippen LogP contribution is -2.43. The average Bonchev–Trinajstić information content (AvgIpc) is 2.36. The van der Waals surface area contributed by atoms with Gasteiger partial charge in [0.2, 0.25) is 5.91 Å². The van der Waals surface area contributed by atoms with Gasteiger partial charge < -0.3 is 16.2 Å². The number of nitrogens with one attached hydrogen (secondary N) is 1. The Morgan fingerprint density at radius 2 is 2.05 bits per heavy atom. The van der Waals surface area contributed by atoms with Crippen LogP contribution in [0, 0.1) is 10.1 Å². The van der Waals surface area contributed by atoms with Gasteiger partial charge in [0.15, 0.2) is 0 Å². The van der Waals surface area contributed by atoms with Crippen molar-refractivity contribution >= 4 is 35.1 Å². The summed E-state index contributed by atoms with van der Waals surface area (Å²) in [6.45, 7) is 0. The number of nitrogens with zero attached hydrogens (tertiary/aromatic N) is 1. The van der Waals surface area contributed by atoms with Crippen LogP contribution in [0.15, 0.2) is 18.2 Å². The van der Waals surface area contributed by atoms with E-state index in [0.717, 1.165) is 6.07 Å². The molecule has 112 valence electrons. The van der Waals surface area contributed by atoms with Crippen LogP contribution in [0.2, 0.25) is 5.02 Å². The molecule has 1 rings (SSSR count). The molecule has 0 unspecified atom stereocenters. The molecule has 0 aliphatic carbocycles. The number of nitro groups is 1. The highest BCUT2D eigenvalue weighted by Crippen LogP contribution is 2.26. The number of halogens is 1. The summed E-state index contributed by atoms with van der Waals surface area (Å²) in [5.74, 6) is -3.53. The smallest absolute Gasteiger partial charge is 0.326 e. The third kappa shape index (κ3) is 4.14. The molecule has 2 amide bonds. The number of primary amides is 1. The number of hydrogen-bond acceptors (Lipinski definition) is 5. The molecule has 0 saturated heterocycles. The first-order valence-electron chi connectivity index (χ1n) is 5.49. The van der Waals surface area contributed by atoms with Crippen molar-refractivity contribution in [1.82, 2.24) is 5.32 Å². The fourth-order valence-electron chi connectivity index (χ4n) is 1.52. The number of carbonyl (C=O) groups excluding carboxylic acids is 2. The SMILES string of the molecule is NC(=O)C[C@@H](NC(=O)c1c(Cl)cccc1[N+](=O)[O-])C(=O)O. The number of benzene rings is 1. The molecular formula is C11H10ClN3O6. The van der Waals surface area contributed by atoms with Crippen molar-refractivity contribution in [3.63, 3.8) is 0 Å². The van der Waals surface area contributed by atoms with Gasteiger partial charge in [0, 0.05) is 6.07 Å². The molecule has 1 aromatic carbocycles. The molecule has 0 fully saturated rings. The second kappa shape index (κ2) is 6.66. The highest BCUT2D eigenvalue weighted by Gasteiger charge is 2.28. The fraction of sp³-hybridized carbons (Fsp3) is 0.182. The van der Waals surface area contributed by atoms with Gasteiger partial charge in [-0.15, -0.1) is 0 Å². The molecule has 4 N–H and O–H groups in total. The molecule has 0 aromatic heterocycles. The standard InChI is InChI=1S/C11H10ClN3O6/c12-5-2-1-3-7(15(20)21)9(5)10(17)14-6(11(18)19)4-8(13)16/h1-3,6H,4H2,(H2,13,16)(H,14,17)(H,18,19)/t6-/m1/s1. The Bertz CT molecular complexity index is 618. The summed E-state index contributed by atoms with van der Waals surface area (Å²) in [6.07, 6.45) is -0.653. The number of carboxylic acids is 1. The van der Waals surface area contributed by atoms with Crippen molar-refractivity contribution in [2.45, 2.75) is 12.5 Å². The van der Waals surface area contributed by atoms with Crippen LogP contribution in [0.5, 0.6) is 0 Å². The van der Waals surface area contributed by atoms with E-state index < -0.39 is 46.4 Å². The minimum atomic E-state index is -1.61. The summed E-state index contributed by atoms with van der Waals surface area (Å²) >= 11 is 5.73. The van der Waals surface area contributed by atoms with Gasteiger partial charge in [-0.2, -0.15) is 0 Å². The van der Waals surface area contributed by atoms with Crippen LogP contribution in [-0.4, -0.2) is 33.9 Å². The van der Waals surface area contributed by atoms with Crippen LogP contribution in [0.3, 0.4) is 0 Å². The van der Waals surface area contributed by atoms with Crippen LogP contribution in [-0.2, 0) is 9.59 Å². The van der Waals surface area contributed by atoms with E-state index in [1.807, 2.05) is 5.32 Å². The maximum absolute atomic E-state index is 12.0.